The van der Waals surface area contributed by atoms with Gasteiger partial charge in [-0.2, -0.15) is 5.10 Å². The van der Waals surface area contributed by atoms with Gasteiger partial charge < -0.3 is 9.88 Å². The largest absolute Gasteiger partial charge is 0.334 e. The fraction of sp³-hybridized carbons (Fsp3) is 0.115. The first-order chi connectivity index (χ1) is 17.0. The topological polar surface area (TPSA) is 90.0 Å². The normalized spacial score (nSPS) is 15.4. The van der Waals surface area contributed by atoms with Crippen LogP contribution < -0.4 is 5.32 Å². The minimum Gasteiger partial charge on any atom is -0.334 e. The van der Waals surface area contributed by atoms with Crippen molar-refractivity contribution in [3.63, 3.8) is 0 Å². The van der Waals surface area contributed by atoms with E-state index in [0.29, 0.717) is 29.2 Å². The summed E-state index contributed by atoms with van der Waals surface area (Å²) in [4.78, 5) is 26.5. The molecule has 0 fully saturated rings. The van der Waals surface area contributed by atoms with E-state index in [4.69, 9.17) is 4.99 Å². The summed E-state index contributed by atoms with van der Waals surface area (Å²) in [5, 5.41) is 6.94. The number of hydrogen-bond acceptors (Lipinski definition) is 5. The molecule has 0 saturated carbocycles. The van der Waals surface area contributed by atoms with Gasteiger partial charge in [0.15, 0.2) is 0 Å². The highest BCUT2D eigenvalue weighted by Gasteiger charge is 2.35. The number of carbonyl (C=O) groups excluding carboxylic acids is 1. The summed E-state index contributed by atoms with van der Waals surface area (Å²) in [5.74, 6) is -1.32. The van der Waals surface area contributed by atoms with Gasteiger partial charge in [0, 0.05) is 12.7 Å². The predicted octanol–water partition coefficient (Wildman–Crippen LogP) is 4.21. The molecule has 1 atom stereocenters. The van der Waals surface area contributed by atoms with Crippen LogP contribution in [0.2, 0.25) is 0 Å². The second-order valence-corrected chi connectivity index (χ2v) is 8.47. The maximum atomic E-state index is 13.8. The third kappa shape index (κ3) is 3.86. The average molecular weight is 465 g/mol. The molecule has 1 aliphatic heterocycles. The van der Waals surface area contributed by atoms with E-state index in [1.54, 1.807) is 23.4 Å². The van der Waals surface area contributed by atoms with Crippen LogP contribution in [0.25, 0.3) is 11.0 Å². The molecule has 1 N–H and O–H groups in total. The second-order valence-electron chi connectivity index (χ2n) is 8.47. The third-order valence-corrected chi connectivity index (χ3v) is 6.14. The number of imidazole rings is 1. The number of amides is 1. The number of rotatable bonds is 5. The number of anilines is 1. The molecule has 0 bridgehead atoms. The highest BCUT2D eigenvalue weighted by molar-refractivity contribution is 6.24. The zero-order valence-corrected chi connectivity index (χ0v) is 18.8. The number of benzene rings is 3. The monoisotopic (exact) mass is 465 g/mol. The van der Waals surface area contributed by atoms with E-state index in [2.05, 4.69) is 20.4 Å². The van der Waals surface area contributed by atoms with Crippen molar-refractivity contribution >= 4 is 34.0 Å². The van der Waals surface area contributed by atoms with E-state index in [1.165, 1.54) is 18.5 Å². The molecule has 1 unspecified atom stereocenters. The lowest BCUT2D eigenvalue weighted by Gasteiger charge is -2.14. The molecule has 0 spiro atoms. The molecule has 0 radical (unpaired) electrons. The van der Waals surface area contributed by atoms with Gasteiger partial charge in [0.1, 0.15) is 24.4 Å². The molecule has 9 heteroatoms. The summed E-state index contributed by atoms with van der Waals surface area (Å²) >= 11 is 0. The number of nitrogens with one attached hydrogen (secondary N) is 1. The van der Waals surface area contributed by atoms with E-state index < -0.39 is 11.7 Å². The van der Waals surface area contributed by atoms with Crippen LogP contribution in [-0.4, -0.2) is 35.9 Å². The smallest absolute Gasteiger partial charge is 0.238 e. The molecular formula is C26H20FN7O. The molecule has 0 saturated heterocycles. The zero-order valence-electron chi connectivity index (χ0n) is 18.8. The average Bonchev–Trinajstić information content (AvgIpc) is 3.57. The summed E-state index contributed by atoms with van der Waals surface area (Å²) in [5.41, 5.74) is 6.04. The minimum atomic E-state index is -0.679. The van der Waals surface area contributed by atoms with Crippen LogP contribution in [0.15, 0.2) is 84.6 Å². The van der Waals surface area contributed by atoms with E-state index >= 15 is 0 Å². The van der Waals surface area contributed by atoms with Gasteiger partial charge in [-0.15, -0.1) is 0 Å². The Hall–Kier alpha value is -4.66. The molecule has 6 rings (SSSR count). The van der Waals surface area contributed by atoms with Crippen molar-refractivity contribution in [2.45, 2.75) is 12.5 Å². The third-order valence-electron chi connectivity index (χ3n) is 6.14. The van der Waals surface area contributed by atoms with Gasteiger partial charge in [0.25, 0.3) is 0 Å². The van der Waals surface area contributed by atoms with Gasteiger partial charge in [-0.05, 0) is 53.1 Å². The lowest BCUT2D eigenvalue weighted by Crippen LogP contribution is -2.22. The van der Waals surface area contributed by atoms with Crippen LogP contribution in [0, 0.1) is 5.82 Å². The minimum absolute atomic E-state index is 0.242. The Morgan fingerprint density at radius 2 is 1.94 bits per heavy atom. The molecule has 0 aliphatic carbocycles. The number of hydrogen-bond donors (Lipinski definition) is 1. The SMILES string of the molecule is Cn1cnc2cc(C(=Nc3ccc(Cn4cncn4)cc3)C3C(=O)Nc4cc(F)ccc43)ccc21. The summed E-state index contributed by atoms with van der Waals surface area (Å²) in [6.07, 6.45) is 4.91. The number of carbonyl (C=O) groups is 1. The molecule has 1 amide bonds. The molecule has 3 aromatic carbocycles. The maximum absolute atomic E-state index is 13.8. The molecule has 1 aliphatic rings. The molecule has 35 heavy (non-hydrogen) atoms. The fourth-order valence-electron chi connectivity index (χ4n) is 4.41. The van der Waals surface area contributed by atoms with Gasteiger partial charge in [-0.3, -0.25) is 9.79 Å². The Morgan fingerprint density at radius 3 is 2.74 bits per heavy atom. The highest BCUT2D eigenvalue weighted by Crippen LogP contribution is 2.37. The van der Waals surface area contributed by atoms with Gasteiger partial charge in [0.2, 0.25) is 5.91 Å². The maximum Gasteiger partial charge on any atom is 0.238 e. The van der Waals surface area contributed by atoms with E-state index in [-0.39, 0.29) is 5.91 Å². The van der Waals surface area contributed by atoms with E-state index in [1.807, 2.05) is 54.1 Å². The summed E-state index contributed by atoms with van der Waals surface area (Å²) in [7, 11) is 1.93. The first-order valence-electron chi connectivity index (χ1n) is 11.1. The first-order valence-corrected chi connectivity index (χ1v) is 11.1. The molecule has 3 heterocycles. The van der Waals surface area contributed by atoms with Crippen molar-refractivity contribution in [3.8, 4) is 0 Å². The van der Waals surface area contributed by atoms with Gasteiger partial charge in [0.05, 0.1) is 35.3 Å². The predicted molar refractivity (Wildman–Crippen MR) is 130 cm³/mol. The summed E-state index contributed by atoms with van der Waals surface area (Å²) in [6, 6.07) is 17.9. The van der Waals surface area contributed by atoms with Gasteiger partial charge in [-0.25, -0.2) is 19.0 Å². The summed E-state index contributed by atoms with van der Waals surface area (Å²) < 4.78 is 17.5. The fourth-order valence-corrected chi connectivity index (χ4v) is 4.41. The van der Waals surface area contributed by atoms with Crippen LogP contribution in [-0.2, 0) is 18.4 Å². The number of aliphatic imine (C=N–C) groups is 1. The lowest BCUT2D eigenvalue weighted by molar-refractivity contribution is -0.115. The highest BCUT2D eigenvalue weighted by atomic mass is 19.1. The lowest BCUT2D eigenvalue weighted by atomic mass is 9.90. The van der Waals surface area contributed by atoms with E-state index in [0.717, 1.165) is 22.2 Å². The van der Waals surface area contributed by atoms with Crippen LogP contribution in [0.1, 0.15) is 22.6 Å². The molecule has 172 valence electrons. The van der Waals surface area contributed by atoms with E-state index in [9.17, 15) is 9.18 Å². The number of halogens is 1. The number of aromatic nitrogens is 5. The second kappa shape index (κ2) is 8.28. The Morgan fingerprint density at radius 1 is 1.09 bits per heavy atom. The molecule has 2 aromatic heterocycles. The Balaban J connectivity index is 1.44. The quantitative estimate of drug-likeness (QED) is 0.394. The van der Waals surface area contributed by atoms with Crippen molar-refractivity contribution in [1.82, 2.24) is 24.3 Å². The van der Waals surface area contributed by atoms with Crippen molar-refractivity contribution < 1.29 is 9.18 Å². The zero-order chi connectivity index (χ0) is 23.9. The Bertz CT molecular complexity index is 1590. The number of nitrogens with zero attached hydrogens (tertiary/aromatic N) is 6. The van der Waals surface area contributed by atoms with Gasteiger partial charge >= 0.3 is 0 Å². The Labute approximate surface area is 199 Å². The van der Waals surface area contributed by atoms with Crippen LogP contribution in [0.4, 0.5) is 15.8 Å². The van der Waals surface area contributed by atoms with Crippen LogP contribution >= 0.6 is 0 Å². The first kappa shape index (κ1) is 20.9. The van der Waals surface area contributed by atoms with Crippen molar-refractivity contribution in [2.75, 3.05) is 5.32 Å². The summed E-state index contributed by atoms with van der Waals surface area (Å²) in [6.45, 7) is 0.594. The van der Waals surface area contributed by atoms with Crippen LogP contribution in [0.5, 0.6) is 0 Å². The number of aryl methyl sites for hydroxylation is 1. The van der Waals surface area contributed by atoms with Gasteiger partial charge in [-0.1, -0.05) is 24.3 Å². The molecule has 5 aromatic rings. The molecule has 8 nitrogen and oxygen atoms in total. The Kier molecular flexibility index (Phi) is 4.95. The van der Waals surface area contributed by atoms with Crippen molar-refractivity contribution in [2.24, 2.45) is 12.0 Å². The number of fused-ring (bicyclic) bond motifs is 2. The molecular weight excluding hydrogens is 445 g/mol. The standard InChI is InChI=1S/C26H20FN7O/c1-33-15-29-22-10-17(4-9-23(22)33)25(24-20-8-5-18(27)11-21(20)32-26(24)35)31-19-6-2-16(3-7-19)12-34-14-28-13-30-34/h2-11,13-15,24H,12H2,1H3,(H,32,35). The van der Waals surface area contributed by atoms with Crippen molar-refractivity contribution in [1.29, 1.82) is 0 Å². The van der Waals surface area contributed by atoms with Crippen molar-refractivity contribution in [3.05, 3.63) is 102 Å². The van der Waals surface area contributed by atoms with Crippen LogP contribution in [0.3, 0.4) is 0 Å².